The lowest BCUT2D eigenvalue weighted by atomic mass is 9.87. The molecular formula is C94H58N2S2. The molecule has 0 unspecified atom stereocenters. The van der Waals surface area contributed by atoms with E-state index in [1.54, 1.807) is 0 Å². The van der Waals surface area contributed by atoms with Gasteiger partial charge < -0.3 is 9.80 Å². The average Bonchev–Trinajstić information content (AvgIpc) is 1.43. The van der Waals surface area contributed by atoms with Gasteiger partial charge in [-0.2, -0.15) is 0 Å². The highest BCUT2D eigenvalue weighted by Gasteiger charge is 2.25. The fraction of sp³-hybridized carbons (Fsp3) is 0. The average molecular weight is 1280 g/mol. The summed E-state index contributed by atoms with van der Waals surface area (Å²) in [7, 11) is 0. The smallest absolute Gasteiger partial charge is 0.0462 e. The number of fused-ring (bicyclic) bond motifs is 2. The van der Waals surface area contributed by atoms with E-state index in [-0.39, 0.29) is 0 Å². The van der Waals surface area contributed by atoms with Crippen LogP contribution in [0.5, 0.6) is 0 Å². The van der Waals surface area contributed by atoms with Crippen molar-refractivity contribution in [1.82, 2.24) is 0 Å². The molecule has 21 rings (SSSR count). The van der Waals surface area contributed by atoms with Gasteiger partial charge in [0.2, 0.25) is 0 Å². The zero-order chi connectivity index (χ0) is 64.4. The summed E-state index contributed by atoms with van der Waals surface area (Å²) in [6.45, 7) is 0. The van der Waals surface area contributed by atoms with Crippen LogP contribution in [-0.2, 0) is 0 Å². The molecule has 2 aromatic heterocycles. The summed E-state index contributed by atoms with van der Waals surface area (Å²) < 4.78 is 5.48. The number of nitrogens with zero attached hydrogens (tertiary/aromatic N) is 2. The van der Waals surface area contributed by atoms with Crippen molar-refractivity contribution in [2.75, 3.05) is 9.80 Å². The first-order chi connectivity index (χ1) is 48.6. The van der Waals surface area contributed by atoms with Crippen LogP contribution in [0.15, 0.2) is 352 Å². The molecule has 98 heavy (non-hydrogen) atoms. The second-order valence-electron chi connectivity index (χ2n) is 25.8. The van der Waals surface area contributed by atoms with Crippen LogP contribution in [-0.4, -0.2) is 0 Å². The molecular weight excluding hydrogens is 1220 g/mol. The minimum Gasteiger partial charge on any atom is -0.311 e. The molecule has 0 amide bonds. The van der Waals surface area contributed by atoms with Gasteiger partial charge in [-0.15, -0.1) is 22.7 Å². The standard InChI is InChI=1S/C50H31NS.C44H27NS/c1-3-10-32(11-4-1)33-22-26-40(27-23-33)51(39-15-5-2-6-16-39)41-28-24-34(25-29-41)36-13-7-14-37(30-36)44-31-38-21-20-35-12-8-17-42-43-18-9-19-45-48(43)49(50(44)52-45)47(38)46(35)42;1-3-13-33(14-4-1)45(34-15-5-2-6-16-34)35-24-22-28(23-25-35)30-11-7-12-31(26-30)38-27-32-21-20-29-10-8-17-36-37-18-9-19-39-42(37)43(44(38)46-39)41(32)40(29)36/h1-31H;1-27H. The first kappa shape index (κ1) is 56.2. The highest BCUT2D eigenvalue weighted by Crippen LogP contribution is 2.54. The molecule has 19 aromatic carbocycles. The molecule has 0 aliphatic carbocycles. The third-order valence-electron chi connectivity index (χ3n) is 20.3. The second-order valence-corrected chi connectivity index (χ2v) is 27.9. The van der Waals surface area contributed by atoms with Crippen molar-refractivity contribution >= 4 is 162 Å². The molecule has 0 aliphatic rings. The van der Waals surface area contributed by atoms with Crippen molar-refractivity contribution in [2.45, 2.75) is 0 Å². The van der Waals surface area contributed by atoms with Gasteiger partial charge in [0, 0.05) is 85.6 Å². The summed E-state index contributed by atoms with van der Waals surface area (Å²) in [6, 6.07) is 129. The summed E-state index contributed by atoms with van der Waals surface area (Å²) in [5.41, 5.74) is 19.2. The molecule has 0 spiro atoms. The first-order valence-corrected chi connectivity index (χ1v) is 35.2. The third-order valence-corrected chi connectivity index (χ3v) is 22.7. The predicted molar refractivity (Wildman–Crippen MR) is 425 cm³/mol. The van der Waals surface area contributed by atoms with Gasteiger partial charge >= 0.3 is 0 Å². The van der Waals surface area contributed by atoms with Crippen LogP contribution in [0.2, 0.25) is 0 Å². The molecule has 21 aromatic rings. The Morgan fingerprint density at radius 1 is 0.173 bits per heavy atom. The lowest BCUT2D eigenvalue weighted by Gasteiger charge is -2.26. The highest BCUT2D eigenvalue weighted by atomic mass is 32.1. The van der Waals surface area contributed by atoms with Crippen molar-refractivity contribution in [3.63, 3.8) is 0 Å². The van der Waals surface area contributed by atoms with Gasteiger partial charge in [-0.25, -0.2) is 0 Å². The van der Waals surface area contributed by atoms with Crippen LogP contribution in [0.4, 0.5) is 34.1 Å². The van der Waals surface area contributed by atoms with Crippen molar-refractivity contribution in [1.29, 1.82) is 0 Å². The molecule has 2 nitrogen and oxygen atoms in total. The Balaban J connectivity index is 0.000000134. The van der Waals surface area contributed by atoms with Crippen molar-refractivity contribution in [3.05, 3.63) is 352 Å². The van der Waals surface area contributed by atoms with E-state index in [0.29, 0.717) is 0 Å². The van der Waals surface area contributed by atoms with E-state index in [9.17, 15) is 0 Å². The van der Waals surface area contributed by atoms with E-state index < -0.39 is 0 Å². The largest absolute Gasteiger partial charge is 0.311 e. The van der Waals surface area contributed by atoms with Gasteiger partial charge in [0.1, 0.15) is 0 Å². The molecule has 4 heteroatoms. The van der Waals surface area contributed by atoms with Crippen molar-refractivity contribution < 1.29 is 0 Å². The molecule has 0 atom stereocenters. The molecule has 0 aliphatic heterocycles. The van der Waals surface area contributed by atoms with Gasteiger partial charge in [0.15, 0.2) is 0 Å². The number of hydrogen-bond acceptors (Lipinski definition) is 4. The number of thiophene rings is 2. The molecule has 0 saturated heterocycles. The molecule has 0 saturated carbocycles. The first-order valence-electron chi connectivity index (χ1n) is 33.6. The van der Waals surface area contributed by atoms with Crippen molar-refractivity contribution in [3.8, 4) is 55.6 Å². The Morgan fingerprint density at radius 3 is 0.867 bits per heavy atom. The number of rotatable bonds is 11. The summed E-state index contributed by atoms with van der Waals surface area (Å²) in [5, 5.41) is 21.9. The lowest BCUT2D eigenvalue weighted by molar-refractivity contribution is 1.28. The maximum Gasteiger partial charge on any atom is 0.0462 e. The third kappa shape index (κ3) is 9.07. The van der Waals surface area contributed by atoms with Crippen LogP contribution in [0.25, 0.3) is 161 Å². The van der Waals surface area contributed by atoms with Crippen LogP contribution in [0.3, 0.4) is 0 Å². The molecule has 2 heterocycles. The summed E-state index contributed by atoms with van der Waals surface area (Å²) in [4.78, 5) is 4.64. The number of para-hydroxylation sites is 3. The number of anilines is 6. The fourth-order valence-electron chi connectivity index (χ4n) is 15.9. The van der Waals surface area contributed by atoms with Crippen LogP contribution >= 0.6 is 22.7 Å². The van der Waals surface area contributed by atoms with E-state index in [1.807, 2.05) is 22.7 Å². The molecule has 456 valence electrons. The van der Waals surface area contributed by atoms with E-state index in [2.05, 4.69) is 362 Å². The summed E-state index contributed by atoms with van der Waals surface area (Å²) >= 11 is 3.87. The molecule has 0 N–H and O–H groups in total. The Kier molecular flexibility index (Phi) is 13.0. The summed E-state index contributed by atoms with van der Waals surface area (Å²) in [5.74, 6) is 0. The van der Waals surface area contributed by atoms with Gasteiger partial charge in [-0.1, -0.05) is 243 Å². The number of hydrogen-bond donors (Lipinski definition) is 0. The maximum atomic E-state index is 2.43. The van der Waals surface area contributed by atoms with Gasteiger partial charge in [-0.05, 0) is 218 Å². The highest BCUT2D eigenvalue weighted by molar-refractivity contribution is 7.27. The topological polar surface area (TPSA) is 6.48 Å². The van der Waals surface area contributed by atoms with Gasteiger partial charge in [0.25, 0.3) is 0 Å². The van der Waals surface area contributed by atoms with Crippen LogP contribution in [0, 0.1) is 0 Å². The molecule has 0 radical (unpaired) electrons. The zero-order valence-electron chi connectivity index (χ0n) is 53.2. The van der Waals surface area contributed by atoms with E-state index in [1.165, 1.54) is 161 Å². The predicted octanol–water partition coefficient (Wildman–Crippen LogP) is 28.1. The second kappa shape index (κ2) is 22.8. The fourth-order valence-corrected chi connectivity index (χ4v) is 18.4. The van der Waals surface area contributed by atoms with Gasteiger partial charge in [0.05, 0.1) is 0 Å². The Morgan fingerprint density at radius 2 is 0.469 bits per heavy atom. The van der Waals surface area contributed by atoms with Crippen LogP contribution < -0.4 is 9.80 Å². The normalized spacial score (nSPS) is 11.9. The minimum absolute atomic E-state index is 1.12. The quantitative estimate of drug-likeness (QED) is 0.0941. The van der Waals surface area contributed by atoms with E-state index in [0.717, 1.165) is 34.1 Å². The number of benzene rings is 19. The monoisotopic (exact) mass is 1280 g/mol. The van der Waals surface area contributed by atoms with Crippen LogP contribution in [0.1, 0.15) is 0 Å². The SMILES string of the molecule is c1ccc(-c2ccc(N(c3ccccc3)c3ccc(-c4cccc(-c5cc6ccc7cccc8c9cccc%10sc5c(c%109)c6c78)c4)cc3)cc2)cc1.c1ccc(N(c2ccccc2)c2ccc(-c3cccc(-c4cc5ccc6cccc7c8cccc9sc4c(c98)c5c67)c3)cc2)cc1. The molecule has 0 fully saturated rings. The Hall–Kier alpha value is -12.2. The molecule has 0 bridgehead atoms. The minimum atomic E-state index is 1.12. The van der Waals surface area contributed by atoms with E-state index >= 15 is 0 Å². The Labute approximate surface area is 575 Å². The van der Waals surface area contributed by atoms with E-state index in [4.69, 9.17) is 0 Å². The van der Waals surface area contributed by atoms with Gasteiger partial charge in [-0.3, -0.25) is 0 Å². The Bertz CT molecular complexity index is 6460. The summed E-state index contributed by atoms with van der Waals surface area (Å²) in [6.07, 6.45) is 0. The van der Waals surface area contributed by atoms with Crippen molar-refractivity contribution in [2.24, 2.45) is 0 Å². The maximum absolute atomic E-state index is 2.43. The lowest BCUT2D eigenvalue weighted by Crippen LogP contribution is -2.09. The zero-order valence-corrected chi connectivity index (χ0v) is 54.8.